The number of carbonyl (C=O) groups is 1. The molecule has 4 aliphatic carbocycles. The number of hydrogen-bond donors (Lipinski definition) is 0. The van der Waals surface area contributed by atoms with Crippen LogP contribution in [0.25, 0.3) is 0 Å². The van der Waals surface area contributed by atoms with E-state index in [1.165, 1.54) is 68.3 Å². The van der Waals surface area contributed by atoms with Crippen LogP contribution in [0.1, 0.15) is 95.1 Å². The lowest BCUT2D eigenvalue weighted by molar-refractivity contribution is -0.134. The van der Waals surface area contributed by atoms with Gasteiger partial charge in [0.2, 0.25) is 0 Å². The van der Waals surface area contributed by atoms with E-state index in [2.05, 4.69) is 25.1 Å². The second-order valence-electron chi connectivity index (χ2n) is 10.2. The maximum Gasteiger partial charge on any atom is 0.310 e. The van der Waals surface area contributed by atoms with Crippen LogP contribution in [0.5, 0.6) is 5.75 Å². The first-order valence-corrected chi connectivity index (χ1v) is 12.3. The molecule has 0 N–H and O–H groups in total. The fraction of sp³-hybridized carbons (Fsp3) is 0.667. The lowest BCUT2D eigenvalue weighted by Crippen LogP contribution is -2.44. The third-order valence-electron chi connectivity index (χ3n) is 8.67. The molecular formula is C27H36O3. The van der Waals surface area contributed by atoms with Crippen molar-refractivity contribution in [3.63, 3.8) is 0 Å². The topological polar surface area (TPSA) is 35.5 Å². The summed E-state index contributed by atoms with van der Waals surface area (Å²) in [6, 6.07) is 6.39. The highest BCUT2D eigenvalue weighted by Gasteiger charge is 2.55. The second kappa shape index (κ2) is 8.05. The minimum atomic E-state index is -0.151. The van der Waals surface area contributed by atoms with Crippen molar-refractivity contribution in [1.29, 1.82) is 0 Å². The van der Waals surface area contributed by atoms with Gasteiger partial charge in [0.1, 0.15) is 11.9 Å². The van der Waals surface area contributed by atoms with Crippen molar-refractivity contribution >= 4 is 5.97 Å². The standard InChI is InChI=1S/C27H36O3/c1-3-26(28)30-20-10-12-21-18(17-20)9-11-23-22(21)15-16-27(2)24(23)13-14-25(27)29-19-7-5-4-6-8-19/h7,10,12,17,22-25H,3-6,8-9,11,13-16H2,1-2H3. The van der Waals surface area contributed by atoms with Crippen LogP contribution in [0, 0.1) is 17.3 Å². The first-order chi connectivity index (χ1) is 14.6. The van der Waals surface area contributed by atoms with Crippen molar-refractivity contribution in [1.82, 2.24) is 0 Å². The highest BCUT2D eigenvalue weighted by atomic mass is 16.5. The van der Waals surface area contributed by atoms with Crippen LogP contribution in [-0.2, 0) is 16.0 Å². The van der Waals surface area contributed by atoms with E-state index < -0.39 is 0 Å². The van der Waals surface area contributed by atoms with E-state index in [4.69, 9.17) is 9.47 Å². The predicted molar refractivity (Wildman–Crippen MR) is 118 cm³/mol. The summed E-state index contributed by atoms with van der Waals surface area (Å²) in [6.07, 6.45) is 15.6. The first kappa shape index (κ1) is 20.2. The Bertz CT molecular complexity index is 841. The molecule has 2 saturated carbocycles. The van der Waals surface area contributed by atoms with Crippen LogP contribution < -0.4 is 4.74 Å². The number of ether oxygens (including phenoxy) is 2. The minimum Gasteiger partial charge on any atom is -0.495 e. The summed E-state index contributed by atoms with van der Waals surface area (Å²) in [5.41, 5.74) is 3.25. The number of carbonyl (C=O) groups excluding carboxylic acids is 1. The van der Waals surface area contributed by atoms with Gasteiger partial charge in [-0.15, -0.1) is 0 Å². The Morgan fingerprint density at radius 3 is 2.83 bits per heavy atom. The fourth-order valence-corrected chi connectivity index (χ4v) is 7.07. The number of hydrogen-bond acceptors (Lipinski definition) is 3. The molecule has 0 bridgehead atoms. The summed E-state index contributed by atoms with van der Waals surface area (Å²) in [4.78, 5) is 11.7. The summed E-state index contributed by atoms with van der Waals surface area (Å²) in [7, 11) is 0. The van der Waals surface area contributed by atoms with E-state index in [1.807, 2.05) is 13.0 Å². The number of rotatable bonds is 4. The highest BCUT2D eigenvalue weighted by molar-refractivity contribution is 5.72. The molecule has 5 rings (SSSR count). The molecule has 5 unspecified atom stereocenters. The highest BCUT2D eigenvalue weighted by Crippen LogP contribution is 2.62. The molecule has 0 spiro atoms. The van der Waals surface area contributed by atoms with Gasteiger partial charge < -0.3 is 9.47 Å². The lowest BCUT2D eigenvalue weighted by atomic mass is 9.55. The second-order valence-corrected chi connectivity index (χ2v) is 10.2. The van der Waals surface area contributed by atoms with Gasteiger partial charge in [-0.2, -0.15) is 0 Å². The molecule has 1 aromatic carbocycles. The normalized spacial score (nSPS) is 34.9. The molecule has 5 atom stereocenters. The molecule has 0 radical (unpaired) electrons. The van der Waals surface area contributed by atoms with Gasteiger partial charge >= 0.3 is 5.97 Å². The molecule has 0 aromatic heterocycles. The number of allylic oxidation sites excluding steroid dienone is 2. The molecule has 3 nitrogen and oxygen atoms in total. The quantitative estimate of drug-likeness (QED) is 0.411. The SMILES string of the molecule is CCC(=O)Oc1ccc2c(c1)CCC1C2CCC2(C)C(OC3=CCCCC3)CCC12. The summed E-state index contributed by atoms with van der Waals surface area (Å²) < 4.78 is 12.1. The molecule has 1 aromatic rings. The summed E-state index contributed by atoms with van der Waals surface area (Å²) in [6.45, 7) is 4.37. The third-order valence-corrected chi connectivity index (χ3v) is 8.67. The Morgan fingerprint density at radius 1 is 1.13 bits per heavy atom. The number of fused-ring (bicyclic) bond motifs is 5. The van der Waals surface area contributed by atoms with E-state index in [9.17, 15) is 4.79 Å². The Hall–Kier alpha value is -1.77. The van der Waals surface area contributed by atoms with Crippen LogP contribution in [0.2, 0.25) is 0 Å². The molecule has 0 heterocycles. The smallest absolute Gasteiger partial charge is 0.310 e. The third kappa shape index (κ3) is 3.48. The molecule has 4 aliphatic rings. The molecule has 2 fully saturated rings. The predicted octanol–water partition coefficient (Wildman–Crippen LogP) is 6.70. The van der Waals surface area contributed by atoms with Gasteiger partial charge in [-0.3, -0.25) is 4.79 Å². The Labute approximate surface area is 181 Å². The minimum absolute atomic E-state index is 0.151. The van der Waals surface area contributed by atoms with Crippen molar-refractivity contribution in [3.05, 3.63) is 41.2 Å². The molecule has 162 valence electrons. The Balaban J connectivity index is 1.33. The summed E-state index contributed by atoms with van der Waals surface area (Å²) in [5, 5.41) is 0. The zero-order valence-corrected chi connectivity index (χ0v) is 18.6. The maximum atomic E-state index is 11.7. The van der Waals surface area contributed by atoms with Gasteiger partial charge in [-0.25, -0.2) is 0 Å². The van der Waals surface area contributed by atoms with Crippen LogP contribution in [0.4, 0.5) is 0 Å². The van der Waals surface area contributed by atoms with E-state index in [1.54, 1.807) is 0 Å². The lowest BCUT2D eigenvalue weighted by Gasteiger charge is -2.50. The number of esters is 1. The molecule has 3 heteroatoms. The van der Waals surface area contributed by atoms with Crippen LogP contribution >= 0.6 is 0 Å². The van der Waals surface area contributed by atoms with Crippen molar-refractivity contribution in [2.75, 3.05) is 0 Å². The van der Waals surface area contributed by atoms with Crippen LogP contribution in [-0.4, -0.2) is 12.1 Å². The average Bonchev–Trinajstić information content (AvgIpc) is 3.10. The monoisotopic (exact) mass is 408 g/mol. The Morgan fingerprint density at radius 2 is 2.03 bits per heavy atom. The van der Waals surface area contributed by atoms with Crippen molar-refractivity contribution in [3.8, 4) is 5.75 Å². The zero-order chi connectivity index (χ0) is 20.7. The van der Waals surface area contributed by atoms with Crippen LogP contribution in [0.3, 0.4) is 0 Å². The van der Waals surface area contributed by atoms with Gasteiger partial charge in [-0.05, 0) is 105 Å². The van der Waals surface area contributed by atoms with E-state index in [0.29, 0.717) is 23.9 Å². The van der Waals surface area contributed by atoms with Gasteiger partial charge in [0, 0.05) is 18.3 Å². The fourth-order valence-electron chi connectivity index (χ4n) is 7.07. The molecule has 0 saturated heterocycles. The van der Waals surface area contributed by atoms with E-state index in [0.717, 1.165) is 30.4 Å². The van der Waals surface area contributed by atoms with Gasteiger partial charge in [0.15, 0.2) is 0 Å². The average molecular weight is 409 g/mol. The van der Waals surface area contributed by atoms with Gasteiger partial charge in [0.25, 0.3) is 0 Å². The first-order valence-electron chi connectivity index (χ1n) is 12.3. The van der Waals surface area contributed by atoms with Crippen molar-refractivity contribution in [2.45, 2.75) is 96.5 Å². The van der Waals surface area contributed by atoms with Gasteiger partial charge in [-0.1, -0.05) is 19.9 Å². The summed E-state index contributed by atoms with van der Waals surface area (Å²) >= 11 is 0. The molecule has 30 heavy (non-hydrogen) atoms. The largest absolute Gasteiger partial charge is 0.495 e. The molecular weight excluding hydrogens is 372 g/mol. The van der Waals surface area contributed by atoms with Crippen molar-refractivity contribution in [2.24, 2.45) is 17.3 Å². The van der Waals surface area contributed by atoms with Crippen molar-refractivity contribution < 1.29 is 14.3 Å². The van der Waals surface area contributed by atoms with E-state index >= 15 is 0 Å². The van der Waals surface area contributed by atoms with E-state index in [-0.39, 0.29) is 5.97 Å². The van der Waals surface area contributed by atoms with Crippen LogP contribution in [0.15, 0.2) is 30.0 Å². The molecule has 0 amide bonds. The zero-order valence-electron chi connectivity index (χ0n) is 18.6. The molecule has 0 aliphatic heterocycles. The number of aryl methyl sites for hydroxylation is 1. The number of benzene rings is 1. The van der Waals surface area contributed by atoms with Gasteiger partial charge in [0.05, 0.1) is 5.76 Å². The summed E-state index contributed by atoms with van der Waals surface area (Å²) in [5.74, 6) is 4.05. The maximum absolute atomic E-state index is 11.7. The Kier molecular flexibility index (Phi) is 5.41.